The monoisotopic (exact) mass is 269 g/mol. The van der Waals surface area contributed by atoms with Gasteiger partial charge in [-0.05, 0) is 18.8 Å². The van der Waals surface area contributed by atoms with Gasteiger partial charge in [0.1, 0.15) is 6.61 Å². The van der Waals surface area contributed by atoms with E-state index in [1.807, 2.05) is 0 Å². The number of carboxylic acid groups (broad SMARTS) is 1. The summed E-state index contributed by atoms with van der Waals surface area (Å²) in [6, 6.07) is 0.105. The number of ketones is 1. The number of rotatable bonds is 6. The molecule has 2 rings (SSSR count). The third kappa shape index (κ3) is 3.53. The van der Waals surface area contributed by atoms with E-state index in [2.05, 4.69) is 0 Å². The highest BCUT2D eigenvalue weighted by Crippen LogP contribution is 2.36. The van der Waals surface area contributed by atoms with E-state index in [-0.39, 0.29) is 37.2 Å². The van der Waals surface area contributed by atoms with Crippen molar-refractivity contribution in [2.75, 3.05) is 6.61 Å². The Kier molecular flexibility index (Phi) is 4.52. The zero-order valence-corrected chi connectivity index (χ0v) is 10.8. The van der Waals surface area contributed by atoms with Gasteiger partial charge in [-0.15, -0.1) is 0 Å². The zero-order valence-electron chi connectivity index (χ0n) is 10.8. The summed E-state index contributed by atoms with van der Waals surface area (Å²) < 4.78 is 0. The average molecular weight is 269 g/mol. The maximum absolute atomic E-state index is 11.8. The summed E-state index contributed by atoms with van der Waals surface area (Å²) in [4.78, 5) is 38.9. The van der Waals surface area contributed by atoms with Crippen LogP contribution in [0.4, 0.5) is 0 Å². The summed E-state index contributed by atoms with van der Waals surface area (Å²) >= 11 is 0. The molecule has 1 N–H and O–H groups in total. The minimum atomic E-state index is -1.00. The van der Waals surface area contributed by atoms with Gasteiger partial charge in [0, 0.05) is 12.8 Å². The number of amides is 1. The number of aliphatic carboxylic acids is 1. The topological polar surface area (TPSA) is 83.9 Å². The largest absolute Gasteiger partial charge is 0.481 e. The van der Waals surface area contributed by atoms with Gasteiger partial charge in [-0.2, -0.15) is 0 Å². The Labute approximate surface area is 111 Å². The van der Waals surface area contributed by atoms with Gasteiger partial charge in [0.05, 0.1) is 12.5 Å². The molecule has 19 heavy (non-hydrogen) atoms. The Morgan fingerprint density at radius 1 is 1.26 bits per heavy atom. The number of hydroxylamine groups is 2. The maximum Gasteiger partial charge on any atom is 0.303 e. The third-order valence-electron chi connectivity index (χ3n) is 3.84. The Balaban J connectivity index is 1.80. The highest BCUT2D eigenvalue weighted by Gasteiger charge is 2.41. The van der Waals surface area contributed by atoms with E-state index in [1.165, 1.54) is 5.06 Å². The lowest BCUT2D eigenvalue weighted by atomic mass is 9.85. The minimum absolute atomic E-state index is 0.0501. The summed E-state index contributed by atoms with van der Waals surface area (Å²) in [5.74, 6) is -0.981. The molecular formula is C13H19NO5. The average Bonchev–Trinajstić information content (AvgIpc) is 2.69. The molecule has 0 aromatic rings. The molecule has 106 valence electrons. The Morgan fingerprint density at radius 3 is 2.74 bits per heavy atom. The smallest absolute Gasteiger partial charge is 0.303 e. The van der Waals surface area contributed by atoms with Crippen LogP contribution in [0.2, 0.25) is 0 Å². The molecule has 0 radical (unpaired) electrons. The second kappa shape index (κ2) is 6.14. The fourth-order valence-corrected chi connectivity index (χ4v) is 2.86. The first-order chi connectivity index (χ1) is 9.08. The molecule has 2 aliphatic rings. The van der Waals surface area contributed by atoms with Crippen LogP contribution in [-0.4, -0.2) is 40.5 Å². The first kappa shape index (κ1) is 14.0. The number of fused-ring (bicyclic) bond motifs is 1. The predicted molar refractivity (Wildman–Crippen MR) is 65.0 cm³/mol. The minimum Gasteiger partial charge on any atom is -0.481 e. The highest BCUT2D eigenvalue weighted by molar-refractivity contribution is 5.83. The fourth-order valence-electron chi connectivity index (χ4n) is 2.86. The van der Waals surface area contributed by atoms with Crippen LogP contribution in [0.25, 0.3) is 0 Å². The fraction of sp³-hybridized carbons (Fsp3) is 0.769. The van der Waals surface area contributed by atoms with Crippen LogP contribution >= 0.6 is 0 Å². The molecule has 0 aromatic heterocycles. The molecule has 6 nitrogen and oxygen atoms in total. The van der Waals surface area contributed by atoms with Crippen LogP contribution in [0.3, 0.4) is 0 Å². The van der Waals surface area contributed by atoms with E-state index in [0.717, 1.165) is 25.7 Å². The van der Waals surface area contributed by atoms with Gasteiger partial charge in [0.25, 0.3) is 0 Å². The van der Waals surface area contributed by atoms with Crippen molar-refractivity contribution in [3.05, 3.63) is 0 Å². The summed E-state index contributed by atoms with van der Waals surface area (Å²) in [6.45, 7) is -0.206. The van der Waals surface area contributed by atoms with E-state index in [0.29, 0.717) is 12.3 Å². The van der Waals surface area contributed by atoms with Crippen molar-refractivity contribution in [3.8, 4) is 0 Å². The van der Waals surface area contributed by atoms with Crippen LogP contribution in [0, 0.1) is 5.92 Å². The molecule has 1 aliphatic carbocycles. The molecule has 0 spiro atoms. The van der Waals surface area contributed by atoms with Crippen LogP contribution < -0.4 is 0 Å². The van der Waals surface area contributed by atoms with Crippen molar-refractivity contribution >= 4 is 17.7 Å². The number of hydrogen-bond acceptors (Lipinski definition) is 4. The maximum atomic E-state index is 11.8. The third-order valence-corrected chi connectivity index (χ3v) is 3.84. The number of hydrogen-bond donors (Lipinski definition) is 1. The van der Waals surface area contributed by atoms with E-state index in [1.54, 1.807) is 0 Å². The van der Waals surface area contributed by atoms with E-state index in [4.69, 9.17) is 9.94 Å². The quantitative estimate of drug-likeness (QED) is 0.781. The first-order valence-corrected chi connectivity index (χ1v) is 6.76. The molecule has 0 aromatic carbocycles. The Hall–Kier alpha value is -1.43. The van der Waals surface area contributed by atoms with Crippen molar-refractivity contribution in [2.24, 2.45) is 5.92 Å². The second-order valence-electron chi connectivity index (χ2n) is 5.24. The highest BCUT2D eigenvalue weighted by atomic mass is 16.7. The summed E-state index contributed by atoms with van der Waals surface area (Å²) in [5.41, 5.74) is 0. The Morgan fingerprint density at radius 2 is 2.00 bits per heavy atom. The summed E-state index contributed by atoms with van der Waals surface area (Å²) in [5, 5.41) is 9.84. The number of carbonyl (C=O) groups is 3. The molecule has 6 heteroatoms. The van der Waals surface area contributed by atoms with Crippen molar-refractivity contribution in [3.63, 3.8) is 0 Å². The van der Waals surface area contributed by atoms with Crippen LogP contribution in [0.1, 0.15) is 44.9 Å². The molecule has 2 fully saturated rings. The molecule has 2 unspecified atom stereocenters. The summed E-state index contributed by atoms with van der Waals surface area (Å²) in [7, 11) is 0. The van der Waals surface area contributed by atoms with Gasteiger partial charge in [-0.3, -0.25) is 19.2 Å². The van der Waals surface area contributed by atoms with Crippen molar-refractivity contribution in [1.29, 1.82) is 0 Å². The Bertz CT molecular complexity index is 381. The van der Waals surface area contributed by atoms with Crippen LogP contribution in [-0.2, 0) is 19.2 Å². The molecule has 1 amide bonds. The number of Topliss-reactive ketones (excluding diaryl/α,β-unsaturated/α-hetero) is 1. The van der Waals surface area contributed by atoms with E-state index >= 15 is 0 Å². The number of carbonyl (C=O) groups excluding carboxylic acids is 2. The second-order valence-corrected chi connectivity index (χ2v) is 5.24. The van der Waals surface area contributed by atoms with Gasteiger partial charge in [0.2, 0.25) is 5.91 Å². The van der Waals surface area contributed by atoms with Gasteiger partial charge in [0.15, 0.2) is 5.78 Å². The molecule has 1 saturated carbocycles. The first-order valence-electron chi connectivity index (χ1n) is 6.76. The summed E-state index contributed by atoms with van der Waals surface area (Å²) in [6.07, 6.45) is 4.48. The molecule has 1 aliphatic heterocycles. The van der Waals surface area contributed by atoms with Gasteiger partial charge in [-0.1, -0.05) is 12.8 Å². The lowest BCUT2D eigenvalue weighted by molar-refractivity contribution is -0.194. The molecule has 1 saturated heterocycles. The van der Waals surface area contributed by atoms with Crippen molar-refractivity contribution < 1.29 is 24.3 Å². The normalized spacial score (nSPS) is 26.3. The van der Waals surface area contributed by atoms with E-state index < -0.39 is 5.97 Å². The van der Waals surface area contributed by atoms with E-state index in [9.17, 15) is 14.4 Å². The van der Waals surface area contributed by atoms with Gasteiger partial charge >= 0.3 is 5.97 Å². The molecule has 0 bridgehead atoms. The molecule has 2 atom stereocenters. The molecular weight excluding hydrogens is 250 g/mol. The lowest BCUT2D eigenvalue weighted by Crippen LogP contribution is -2.38. The van der Waals surface area contributed by atoms with Crippen molar-refractivity contribution in [1.82, 2.24) is 5.06 Å². The number of nitrogens with zero attached hydrogens (tertiary/aromatic N) is 1. The standard InChI is InChI=1S/C13H19NO5/c15-10(5-6-13(17)18)8-19-14-11-4-2-1-3-9(11)7-12(14)16/h9,11H,1-8H2,(H,17,18). The van der Waals surface area contributed by atoms with Crippen molar-refractivity contribution in [2.45, 2.75) is 51.0 Å². The van der Waals surface area contributed by atoms with Gasteiger partial charge in [-0.25, -0.2) is 5.06 Å². The number of carboxylic acids is 1. The SMILES string of the molecule is O=C(O)CCC(=O)CON1C(=O)CC2CCCCC21. The zero-order chi connectivity index (χ0) is 13.8. The predicted octanol–water partition coefficient (Wildman–Crippen LogP) is 1.14. The molecule has 1 heterocycles. The van der Waals surface area contributed by atoms with Crippen LogP contribution in [0.5, 0.6) is 0 Å². The lowest BCUT2D eigenvalue weighted by Gasteiger charge is -2.30. The van der Waals surface area contributed by atoms with Crippen LogP contribution in [0.15, 0.2) is 0 Å². The van der Waals surface area contributed by atoms with Gasteiger partial charge < -0.3 is 5.11 Å².